The second kappa shape index (κ2) is 6.68. The second-order valence-corrected chi connectivity index (χ2v) is 5.19. The van der Waals surface area contributed by atoms with Gasteiger partial charge >= 0.3 is 0 Å². The number of hydrogen-bond donors (Lipinski definition) is 2. The molecule has 4 heteroatoms. The number of piperazine rings is 1. The van der Waals surface area contributed by atoms with Gasteiger partial charge in [-0.1, -0.05) is 12.1 Å². The number of ketones is 1. The van der Waals surface area contributed by atoms with Crippen molar-refractivity contribution in [2.75, 3.05) is 38.5 Å². The highest BCUT2D eigenvalue weighted by atomic mass is 16.1. The van der Waals surface area contributed by atoms with Crippen molar-refractivity contribution in [2.45, 2.75) is 19.4 Å². The van der Waals surface area contributed by atoms with Gasteiger partial charge < -0.3 is 15.5 Å². The van der Waals surface area contributed by atoms with E-state index in [4.69, 9.17) is 0 Å². The van der Waals surface area contributed by atoms with Crippen molar-refractivity contribution < 1.29 is 4.79 Å². The van der Waals surface area contributed by atoms with Crippen LogP contribution in [-0.2, 0) is 0 Å². The van der Waals surface area contributed by atoms with Gasteiger partial charge in [0, 0.05) is 43.5 Å². The normalized spacial score (nSPS) is 20.2. The number of Topliss-reactive ketones (excluding diaryl/α,β-unsaturated/α-hetero) is 1. The molecule has 104 valence electrons. The second-order valence-electron chi connectivity index (χ2n) is 5.19. The van der Waals surface area contributed by atoms with E-state index in [-0.39, 0.29) is 5.78 Å². The van der Waals surface area contributed by atoms with Gasteiger partial charge in [-0.05, 0) is 32.5 Å². The molecular formula is C15H23N3O. The highest BCUT2D eigenvalue weighted by molar-refractivity contribution is 5.94. The van der Waals surface area contributed by atoms with Crippen LogP contribution in [0, 0.1) is 0 Å². The van der Waals surface area contributed by atoms with Gasteiger partial charge in [0.05, 0.1) is 0 Å². The number of hydrogen-bond acceptors (Lipinski definition) is 4. The first-order valence-electron chi connectivity index (χ1n) is 6.92. The standard InChI is InChI=1S/C15H23N3O/c1-12(19)13-4-3-5-14(10-13)17-7-6-15-11-16-8-9-18(15)2/h3-5,10,15-17H,6-9,11H2,1-2H3. The number of anilines is 1. The van der Waals surface area contributed by atoms with Gasteiger partial charge in [-0.3, -0.25) is 4.79 Å². The number of carbonyl (C=O) groups excluding carboxylic acids is 1. The topological polar surface area (TPSA) is 44.4 Å². The Morgan fingerprint density at radius 3 is 3.11 bits per heavy atom. The Balaban J connectivity index is 1.82. The van der Waals surface area contributed by atoms with Crippen molar-refractivity contribution in [3.8, 4) is 0 Å². The molecule has 1 aromatic carbocycles. The molecule has 0 radical (unpaired) electrons. The Bertz CT molecular complexity index is 433. The van der Waals surface area contributed by atoms with Gasteiger partial charge in [-0.25, -0.2) is 0 Å². The molecule has 1 atom stereocenters. The minimum atomic E-state index is 0.111. The number of nitrogens with one attached hydrogen (secondary N) is 2. The van der Waals surface area contributed by atoms with Gasteiger partial charge in [-0.2, -0.15) is 0 Å². The van der Waals surface area contributed by atoms with Gasteiger partial charge in [0.1, 0.15) is 0 Å². The maximum atomic E-state index is 11.3. The molecule has 19 heavy (non-hydrogen) atoms. The predicted molar refractivity (Wildman–Crippen MR) is 78.8 cm³/mol. The lowest BCUT2D eigenvalue weighted by Crippen LogP contribution is -2.49. The molecule has 0 aliphatic carbocycles. The quantitative estimate of drug-likeness (QED) is 0.790. The number of nitrogens with zero attached hydrogens (tertiary/aromatic N) is 1. The van der Waals surface area contributed by atoms with E-state index in [1.807, 2.05) is 24.3 Å². The lowest BCUT2D eigenvalue weighted by molar-refractivity contribution is 0.101. The fourth-order valence-electron chi connectivity index (χ4n) is 2.42. The third-order valence-corrected chi connectivity index (χ3v) is 3.72. The summed E-state index contributed by atoms with van der Waals surface area (Å²) < 4.78 is 0. The van der Waals surface area contributed by atoms with Crippen LogP contribution in [0.15, 0.2) is 24.3 Å². The SMILES string of the molecule is CC(=O)c1cccc(NCCC2CNCCN2C)c1. The number of likely N-dealkylation sites (N-methyl/N-ethyl adjacent to an activating group) is 1. The van der Waals surface area contributed by atoms with Gasteiger partial charge in [0.15, 0.2) is 5.78 Å². The van der Waals surface area contributed by atoms with Gasteiger partial charge in [0.25, 0.3) is 0 Å². The fourth-order valence-corrected chi connectivity index (χ4v) is 2.42. The van der Waals surface area contributed by atoms with Gasteiger partial charge in [-0.15, -0.1) is 0 Å². The van der Waals surface area contributed by atoms with Crippen LogP contribution >= 0.6 is 0 Å². The largest absolute Gasteiger partial charge is 0.385 e. The molecular weight excluding hydrogens is 238 g/mol. The Kier molecular flexibility index (Phi) is 4.93. The lowest BCUT2D eigenvalue weighted by atomic mass is 10.1. The fraction of sp³-hybridized carbons (Fsp3) is 0.533. The molecule has 1 saturated heterocycles. The molecule has 2 N–H and O–H groups in total. The first kappa shape index (κ1) is 14.0. The summed E-state index contributed by atoms with van der Waals surface area (Å²) in [4.78, 5) is 13.7. The van der Waals surface area contributed by atoms with Crippen LogP contribution in [0.3, 0.4) is 0 Å². The first-order valence-corrected chi connectivity index (χ1v) is 6.92. The van der Waals surface area contributed by atoms with Crippen molar-refractivity contribution in [2.24, 2.45) is 0 Å². The van der Waals surface area contributed by atoms with Crippen molar-refractivity contribution >= 4 is 11.5 Å². The van der Waals surface area contributed by atoms with Crippen molar-refractivity contribution in [3.63, 3.8) is 0 Å². The summed E-state index contributed by atoms with van der Waals surface area (Å²) in [5.74, 6) is 0.111. The molecule has 2 rings (SSSR count). The van der Waals surface area contributed by atoms with Crippen molar-refractivity contribution in [1.29, 1.82) is 0 Å². The third-order valence-electron chi connectivity index (χ3n) is 3.72. The zero-order chi connectivity index (χ0) is 13.7. The molecule has 0 bridgehead atoms. The number of rotatable bonds is 5. The summed E-state index contributed by atoms with van der Waals surface area (Å²) in [5, 5.41) is 6.82. The molecule has 1 unspecified atom stereocenters. The summed E-state index contributed by atoms with van der Waals surface area (Å²) in [6, 6.07) is 8.30. The minimum Gasteiger partial charge on any atom is -0.385 e. The molecule has 1 aliphatic heterocycles. The zero-order valence-corrected chi connectivity index (χ0v) is 11.8. The summed E-state index contributed by atoms with van der Waals surface area (Å²) in [6.45, 7) is 5.79. The summed E-state index contributed by atoms with van der Waals surface area (Å²) in [5.41, 5.74) is 1.79. The van der Waals surface area contributed by atoms with E-state index in [2.05, 4.69) is 22.6 Å². The van der Waals surface area contributed by atoms with E-state index in [1.54, 1.807) is 6.92 Å². The van der Waals surface area contributed by atoms with Crippen LogP contribution in [-0.4, -0.2) is 50.0 Å². The summed E-state index contributed by atoms with van der Waals surface area (Å²) >= 11 is 0. The molecule has 0 amide bonds. The van der Waals surface area contributed by atoms with Crippen LogP contribution in [0.2, 0.25) is 0 Å². The van der Waals surface area contributed by atoms with E-state index >= 15 is 0 Å². The van der Waals surface area contributed by atoms with Crippen molar-refractivity contribution in [3.05, 3.63) is 29.8 Å². The number of benzene rings is 1. The van der Waals surface area contributed by atoms with Gasteiger partial charge in [0.2, 0.25) is 0 Å². The Morgan fingerprint density at radius 1 is 1.53 bits per heavy atom. The minimum absolute atomic E-state index is 0.111. The first-order chi connectivity index (χ1) is 9.16. The van der Waals surface area contributed by atoms with Crippen LogP contribution in [0.5, 0.6) is 0 Å². The molecule has 4 nitrogen and oxygen atoms in total. The van der Waals surface area contributed by atoms with Crippen LogP contribution in [0.1, 0.15) is 23.7 Å². The Hall–Kier alpha value is -1.39. The smallest absolute Gasteiger partial charge is 0.159 e. The van der Waals surface area contributed by atoms with E-state index < -0.39 is 0 Å². The highest BCUT2D eigenvalue weighted by Crippen LogP contribution is 2.12. The Morgan fingerprint density at radius 2 is 2.37 bits per heavy atom. The molecule has 1 aromatic rings. The van der Waals surface area contributed by atoms with Crippen LogP contribution < -0.4 is 10.6 Å². The molecule has 0 spiro atoms. The monoisotopic (exact) mass is 261 g/mol. The maximum absolute atomic E-state index is 11.3. The lowest BCUT2D eigenvalue weighted by Gasteiger charge is -2.33. The van der Waals surface area contributed by atoms with Crippen LogP contribution in [0.4, 0.5) is 5.69 Å². The average molecular weight is 261 g/mol. The average Bonchev–Trinajstić information content (AvgIpc) is 2.41. The van der Waals surface area contributed by atoms with Crippen LogP contribution in [0.25, 0.3) is 0 Å². The van der Waals surface area contributed by atoms with Crippen molar-refractivity contribution in [1.82, 2.24) is 10.2 Å². The Labute approximate surface area is 115 Å². The van der Waals surface area contributed by atoms with E-state index in [1.165, 1.54) is 0 Å². The maximum Gasteiger partial charge on any atom is 0.159 e. The highest BCUT2D eigenvalue weighted by Gasteiger charge is 2.17. The molecule has 1 fully saturated rings. The molecule has 0 aromatic heterocycles. The zero-order valence-electron chi connectivity index (χ0n) is 11.8. The van der Waals surface area contributed by atoms with E-state index in [0.29, 0.717) is 6.04 Å². The summed E-state index contributed by atoms with van der Waals surface area (Å²) in [7, 11) is 2.18. The number of carbonyl (C=O) groups is 1. The van der Waals surface area contributed by atoms with E-state index in [0.717, 1.165) is 43.9 Å². The molecule has 1 heterocycles. The summed E-state index contributed by atoms with van der Waals surface area (Å²) in [6.07, 6.45) is 1.10. The third kappa shape index (κ3) is 4.04. The van der Waals surface area contributed by atoms with E-state index in [9.17, 15) is 4.79 Å². The predicted octanol–water partition coefficient (Wildman–Crippen LogP) is 1.59. The molecule has 1 aliphatic rings. The molecule has 0 saturated carbocycles.